The van der Waals surface area contributed by atoms with Crippen LogP contribution in [0.1, 0.15) is 5.69 Å². The van der Waals surface area contributed by atoms with Crippen LogP contribution in [-0.2, 0) is 11.2 Å². The standard InChI is InChI=1S/C22H24N4OS/c1-25-11-13-26(14-12-25)20-10-6-5-9-19(20)24-21(27)15-18-16-28-22(23-18)17-7-3-2-4-8-17/h2-10,16H,11-15H2,1H3,(H,24,27). The molecule has 1 amide bonds. The summed E-state index contributed by atoms with van der Waals surface area (Å²) >= 11 is 1.57. The molecule has 0 saturated carbocycles. The number of carbonyl (C=O) groups is 1. The highest BCUT2D eigenvalue weighted by Crippen LogP contribution is 2.27. The number of anilines is 2. The minimum absolute atomic E-state index is 0.0357. The molecule has 2 heterocycles. The number of para-hydroxylation sites is 2. The minimum atomic E-state index is -0.0357. The smallest absolute Gasteiger partial charge is 0.230 e. The Hall–Kier alpha value is -2.70. The van der Waals surface area contributed by atoms with Crippen LogP contribution in [0.25, 0.3) is 10.6 Å². The van der Waals surface area contributed by atoms with E-state index in [1.807, 2.05) is 53.9 Å². The number of rotatable bonds is 5. The van der Waals surface area contributed by atoms with E-state index < -0.39 is 0 Å². The van der Waals surface area contributed by atoms with Crippen molar-refractivity contribution in [3.05, 3.63) is 65.7 Å². The first-order valence-electron chi connectivity index (χ1n) is 9.51. The second-order valence-electron chi connectivity index (χ2n) is 7.04. The summed E-state index contributed by atoms with van der Waals surface area (Å²) in [6.07, 6.45) is 0.278. The van der Waals surface area contributed by atoms with Crippen molar-refractivity contribution in [2.75, 3.05) is 43.4 Å². The third-order valence-electron chi connectivity index (χ3n) is 4.94. The number of aromatic nitrogens is 1. The Balaban J connectivity index is 1.43. The summed E-state index contributed by atoms with van der Waals surface area (Å²) in [5.41, 5.74) is 3.85. The quantitative estimate of drug-likeness (QED) is 0.719. The number of benzene rings is 2. The van der Waals surface area contributed by atoms with Gasteiger partial charge in [0, 0.05) is 37.1 Å². The van der Waals surface area contributed by atoms with Crippen LogP contribution in [0.2, 0.25) is 0 Å². The number of amides is 1. The van der Waals surface area contributed by atoms with E-state index in [1.54, 1.807) is 11.3 Å². The van der Waals surface area contributed by atoms with Gasteiger partial charge < -0.3 is 15.1 Å². The SMILES string of the molecule is CN1CCN(c2ccccc2NC(=O)Cc2csc(-c3ccccc3)n2)CC1. The van der Waals surface area contributed by atoms with Crippen LogP contribution in [0.15, 0.2) is 60.0 Å². The maximum Gasteiger partial charge on any atom is 0.230 e. The fourth-order valence-corrected chi connectivity index (χ4v) is 4.19. The monoisotopic (exact) mass is 392 g/mol. The second-order valence-corrected chi connectivity index (χ2v) is 7.90. The minimum Gasteiger partial charge on any atom is -0.367 e. The first-order chi connectivity index (χ1) is 13.7. The van der Waals surface area contributed by atoms with Gasteiger partial charge >= 0.3 is 0 Å². The average molecular weight is 393 g/mol. The lowest BCUT2D eigenvalue weighted by Gasteiger charge is -2.35. The van der Waals surface area contributed by atoms with E-state index in [9.17, 15) is 4.79 Å². The van der Waals surface area contributed by atoms with Crippen LogP contribution >= 0.6 is 11.3 Å². The zero-order chi connectivity index (χ0) is 19.3. The highest BCUT2D eigenvalue weighted by atomic mass is 32.1. The molecule has 3 aromatic rings. The van der Waals surface area contributed by atoms with Crippen LogP contribution in [0.5, 0.6) is 0 Å². The van der Waals surface area contributed by atoms with E-state index in [0.717, 1.165) is 53.8 Å². The Morgan fingerprint density at radius 2 is 1.75 bits per heavy atom. The molecule has 6 heteroatoms. The molecule has 0 unspecified atom stereocenters. The Morgan fingerprint density at radius 3 is 2.54 bits per heavy atom. The zero-order valence-electron chi connectivity index (χ0n) is 16.0. The maximum atomic E-state index is 12.6. The highest BCUT2D eigenvalue weighted by molar-refractivity contribution is 7.13. The Labute approximate surface area is 169 Å². The van der Waals surface area contributed by atoms with Crippen LogP contribution in [-0.4, -0.2) is 49.0 Å². The van der Waals surface area contributed by atoms with Crippen molar-refractivity contribution < 1.29 is 4.79 Å². The van der Waals surface area contributed by atoms with Gasteiger partial charge in [-0.25, -0.2) is 4.98 Å². The molecule has 0 radical (unpaired) electrons. The molecule has 1 fully saturated rings. The molecule has 0 bridgehead atoms. The van der Waals surface area contributed by atoms with Crippen molar-refractivity contribution in [3.8, 4) is 10.6 Å². The fourth-order valence-electron chi connectivity index (χ4n) is 3.36. The van der Waals surface area contributed by atoms with Crippen molar-refractivity contribution in [1.82, 2.24) is 9.88 Å². The summed E-state index contributed by atoms with van der Waals surface area (Å²) in [5.74, 6) is -0.0357. The number of carbonyl (C=O) groups excluding carboxylic acids is 1. The molecule has 1 aromatic heterocycles. The van der Waals surface area contributed by atoms with Gasteiger partial charge in [0.25, 0.3) is 0 Å². The molecule has 0 aliphatic carbocycles. The van der Waals surface area contributed by atoms with Gasteiger partial charge in [-0.3, -0.25) is 4.79 Å². The normalized spacial score (nSPS) is 14.8. The topological polar surface area (TPSA) is 48.5 Å². The van der Waals surface area contributed by atoms with Crippen LogP contribution in [0, 0.1) is 0 Å². The Morgan fingerprint density at radius 1 is 1.04 bits per heavy atom. The predicted molar refractivity (Wildman–Crippen MR) is 116 cm³/mol. The summed E-state index contributed by atoms with van der Waals surface area (Å²) < 4.78 is 0. The predicted octanol–water partition coefficient (Wildman–Crippen LogP) is 3.74. The van der Waals surface area contributed by atoms with Gasteiger partial charge in [-0.05, 0) is 19.2 Å². The number of thiazole rings is 1. The molecule has 1 N–H and O–H groups in total. The molecule has 144 valence electrons. The van der Waals surface area contributed by atoms with Crippen molar-refractivity contribution in [3.63, 3.8) is 0 Å². The van der Waals surface area contributed by atoms with E-state index in [4.69, 9.17) is 0 Å². The first-order valence-corrected chi connectivity index (χ1v) is 10.4. The molecule has 1 saturated heterocycles. The van der Waals surface area contributed by atoms with Crippen molar-refractivity contribution >= 4 is 28.6 Å². The largest absolute Gasteiger partial charge is 0.367 e. The number of piperazine rings is 1. The number of likely N-dealkylation sites (N-methyl/N-ethyl adjacent to an activating group) is 1. The van der Waals surface area contributed by atoms with Gasteiger partial charge in [0.1, 0.15) is 5.01 Å². The number of nitrogens with one attached hydrogen (secondary N) is 1. The first kappa shape index (κ1) is 18.7. The lowest BCUT2D eigenvalue weighted by atomic mass is 10.2. The molecule has 4 rings (SSSR count). The maximum absolute atomic E-state index is 12.6. The lowest BCUT2D eigenvalue weighted by molar-refractivity contribution is -0.115. The summed E-state index contributed by atoms with van der Waals surface area (Å²) in [7, 11) is 2.14. The molecule has 28 heavy (non-hydrogen) atoms. The summed E-state index contributed by atoms with van der Waals surface area (Å²) in [6, 6.07) is 18.1. The van der Waals surface area contributed by atoms with Gasteiger partial charge in [0.2, 0.25) is 5.91 Å². The highest BCUT2D eigenvalue weighted by Gasteiger charge is 2.18. The average Bonchev–Trinajstić information content (AvgIpc) is 3.18. The Kier molecular flexibility index (Phi) is 5.69. The molecule has 1 aliphatic heterocycles. The van der Waals surface area contributed by atoms with Crippen molar-refractivity contribution in [2.45, 2.75) is 6.42 Å². The second kappa shape index (κ2) is 8.54. The van der Waals surface area contributed by atoms with E-state index in [-0.39, 0.29) is 12.3 Å². The lowest BCUT2D eigenvalue weighted by Crippen LogP contribution is -2.44. The molecular weight excluding hydrogens is 368 g/mol. The number of nitrogens with zero attached hydrogens (tertiary/aromatic N) is 3. The molecule has 0 atom stereocenters. The van der Waals surface area contributed by atoms with Gasteiger partial charge in [-0.2, -0.15) is 0 Å². The van der Waals surface area contributed by atoms with E-state index in [0.29, 0.717) is 0 Å². The van der Waals surface area contributed by atoms with Gasteiger partial charge in [0.05, 0.1) is 23.5 Å². The van der Waals surface area contributed by atoms with Crippen molar-refractivity contribution in [1.29, 1.82) is 0 Å². The van der Waals surface area contributed by atoms with E-state index in [1.165, 1.54) is 0 Å². The van der Waals surface area contributed by atoms with Crippen molar-refractivity contribution in [2.24, 2.45) is 0 Å². The molecule has 5 nitrogen and oxygen atoms in total. The molecular formula is C22H24N4OS. The van der Waals surface area contributed by atoms with E-state index >= 15 is 0 Å². The molecule has 0 spiro atoms. The fraction of sp³-hybridized carbons (Fsp3) is 0.273. The summed E-state index contributed by atoms with van der Waals surface area (Å²) in [4.78, 5) is 21.9. The summed E-state index contributed by atoms with van der Waals surface area (Å²) in [5, 5.41) is 6.00. The van der Waals surface area contributed by atoms with Crippen LogP contribution in [0.3, 0.4) is 0 Å². The number of hydrogen-bond donors (Lipinski definition) is 1. The van der Waals surface area contributed by atoms with Gasteiger partial charge in [0.15, 0.2) is 0 Å². The van der Waals surface area contributed by atoms with Gasteiger partial charge in [-0.1, -0.05) is 42.5 Å². The molecule has 2 aromatic carbocycles. The van der Waals surface area contributed by atoms with Crippen LogP contribution in [0.4, 0.5) is 11.4 Å². The summed E-state index contributed by atoms with van der Waals surface area (Å²) in [6.45, 7) is 4.00. The zero-order valence-corrected chi connectivity index (χ0v) is 16.8. The molecule has 1 aliphatic rings. The van der Waals surface area contributed by atoms with Gasteiger partial charge in [-0.15, -0.1) is 11.3 Å². The van der Waals surface area contributed by atoms with Crippen LogP contribution < -0.4 is 10.2 Å². The van der Waals surface area contributed by atoms with E-state index in [2.05, 4.69) is 33.2 Å². The number of hydrogen-bond acceptors (Lipinski definition) is 5. The Bertz CT molecular complexity index is 932. The third-order valence-corrected chi connectivity index (χ3v) is 5.88. The third kappa shape index (κ3) is 4.40.